The van der Waals surface area contributed by atoms with Crippen LogP contribution in [0.2, 0.25) is 0 Å². The van der Waals surface area contributed by atoms with Crippen molar-refractivity contribution in [3.8, 4) is 0 Å². The minimum absolute atomic E-state index is 0.625. The summed E-state index contributed by atoms with van der Waals surface area (Å²) in [6.45, 7) is 5.58. The van der Waals surface area contributed by atoms with Crippen molar-refractivity contribution >= 4 is 0 Å². The van der Waals surface area contributed by atoms with E-state index in [4.69, 9.17) is 19.9 Å². The Morgan fingerprint density at radius 3 is 2.21 bits per heavy atom. The summed E-state index contributed by atoms with van der Waals surface area (Å²) in [7, 11) is 1.66. The van der Waals surface area contributed by atoms with Gasteiger partial charge in [-0.3, -0.25) is 0 Å². The van der Waals surface area contributed by atoms with Gasteiger partial charge in [-0.1, -0.05) is 0 Å². The minimum Gasteiger partial charge on any atom is -0.382 e. The Morgan fingerprint density at radius 2 is 1.57 bits per heavy atom. The number of ether oxygens (including phenoxy) is 3. The average molecular weight is 206 g/mol. The Balaban J connectivity index is 2.78. The van der Waals surface area contributed by atoms with Gasteiger partial charge in [0.05, 0.1) is 33.0 Å². The number of hydrogen-bond acceptors (Lipinski definition) is 5. The van der Waals surface area contributed by atoms with Crippen molar-refractivity contribution in [1.29, 1.82) is 0 Å². The van der Waals surface area contributed by atoms with Gasteiger partial charge in [-0.25, -0.2) is 0 Å². The Hall–Kier alpha value is -0.200. The van der Waals surface area contributed by atoms with E-state index >= 15 is 0 Å². The maximum Gasteiger partial charge on any atom is 0.0701 e. The third-order valence-corrected chi connectivity index (χ3v) is 1.55. The predicted octanol–water partition coefficient (Wildman–Crippen LogP) is -0.786. The highest BCUT2D eigenvalue weighted by atomic mass is 16.5. The quantitative estimate of drug-likeness (QED) is 0.434. The normalized spacial score (nSPS) is 10.7. The molecule has 5 nitrogen and oxygen atoms in total. The summed E-state index contributed by atoms with van der Waals surface area (Å²) in [4.78, 5) is 0. The van der Waals surface area contributed by atoms with Crippen molar-refractivity contribution in [1.82, 2.24) is 5.32 Å². The molecule has 0 spiro atoms. The summed E-state index contributed by atoms with van der Waals surface area (Å²) >= 11 is 0. The molecule has 0 aliphatic carbocycles. The van der Waals surface area contributed by atoms with E-state index in [1.165, 1.54) is 0 Å². The van der Waals surface area contributed by atoms with Crippen LogP contribution in [0.25, 0.3) is 0 Å². The first-order valence-electron chi connectivity index (χ1n) is 4.97. The SMILES string of the molecule is COCCOCCOCCNCCN. The van der Waals surface area contributed by atoms with E-state index in [2.05, 4.69) is 5.32 Å². The maximum atomic E-state index is 5.30. The van der Waals surface area contributed by atoms with Crippen LogP contribution in [0.1, 0.15) is 0 Å². The van der Waals surface area contributed by atoms with Crippen molar-refractivity contribution in [2.75, 3.05) is 59.8 Å². The van der Waals surface area contributed by atoms with Crippen LogP contribution in [0.5, 0.6) is 0 Å². The van der Waals surface area contributed by atoms with Crippen LogP contribution in [0.15, 0.2) is 0 Å². The maximum absolute atomic E-state index is 5.30. The molecule has 14 heavy (non-hydrogen) atoms. The van der Waals surface area contributed by atoms with Gasteiger partial charge in [-0.05, 0) is 0 Å². The number of nitrogens with one attached hydrogen (secondary N) is 1. The van der Waals surface area contributed by atoms with Crippen LogP contribution >= 0.6 is 0 Å². The molecule has 0 fully saturated rings. The van der Waals surface area contributed by atoms with Crippen LogP contribution in [0, 0.1) is 0 Å². The average Bonchev–Trinajstić information content (AvgIpc) is 2.21. The monoisotopic (exact) mass is 206 g/mol. The molecular weight excluding hydrogens is 184 g/mol. The van der Waals surface area contributed by atoms with E-state index in [9.17, 15) is 0 Å². The summed E-state index contributed by atoms with van der Waals surface area (Å²) in [6, 6.07) is 0. The van der Waals surface area contributed by atoms with Gasteiger partial charge >= 0.3 is 0 Å². The lowest BCUT2D eigenvalue weighted by molar-refractivity contribution is 0.0256. The van der Waals surface area contributed by atoms with Crippen LogP contribution in [-0.2, 0) is 14.2 Å². The number of hydrogen-bond donors (Lipinski definition) is 2. The smallest absolute Gasteiger partial charge is 0.0701 e. The molecule has 0 heterocycles. The second-order valence-corrected chi connectivity index (χ2v) is 2.76. The Kier molecular flexibility index (Phi) is 12.6. The molecule has 0 aromatic rings. The molecule has 0 aromatic carbocycles. The lowest BCUT2D eigenvalue weighted by Gasteiger charge is -2.05. The third kappa shape index (κ3) is 11.8. The molecule has 0 amide bonds. The summed E-state index contributed by atoms with van der Waals surface area (Å²) in [5, 5.41) is 3.14. The fourth-order valence-electron chi connectivity index (χ4n) is 0.836. The summed E-state index contributed by atoms with van der Waals surface area (Å²) < 4.78 is 15.3. The lowest BCUT2D eigenvalue weighted by Crippen LogP contribution is -2.26. The zero-order chi connectivity index (χ0) is 10.5. The van der Waals surface area contributed by atoms with E-state index in [-0.39, 0.29) is 0 Å². The van der Waals surface area contributed by atoms with Crippen molar-refractivity contribution < 1.29 is 14.2 Å². The molecule has 0 saturated carbocycles. The number of nitrogens with two attached hydrogens (primary N) is 1. The molecule has 86 valence electrons. The van der Waals surface area contributed by atoms with Crippen LogP contribution in [-0.4, -0.2) is 59.8 Å². The zero-order valence-corrected chi connectivity index (χ0v) is 8.96. The topological polar surface area (TPSA) is 65.7 Å². The molecule has 0 rings (SSSR count). The summed E-state index contributed by atoms with van der Waals surface area (Å²) in [5.74, 6) is 0. The standard InChI is InChI=1S/C9H22N2O3/c1-12-6-7-14-9-8-13-5-4-11-3-2-10/h11H,2-10H2,1H3. The van der Waals surface area contributed by atoms with Gasteiger partial charge in [0, 0.05) is 26.7 Å². The van der Waals surface area contributed by atoms with Gasteiger partial charge < -0.3 is 25.3 Å². The molecule has 3 N–H and O–H groups in total. The molecule has 5 heteroatoms. The summed E-state index contributed by atoms with van der Waals surface area (Å²) in [5.41, 5.74) is 5.30. The molecule has 0 unspecified atom stereocenters. The van der Waals surface area contributed by atoms with E-state index in [0.717, 1.165) is 13.1 Å². The molecule has 0 aromatic heterocycles. The van der Waals surface area contributed by atoms with E-state index in [1.807, 2.05) is 0 Å². The van der Waals surface area contributed by atoms with Crippen LogP contribution < -0.4 is 11.1 Å². The highest BCUT2D eigenvalue weighted by Gasteiger charge is 1.89. The van der Waals surface area contributed by atoms with Crippen molar-refractivity contribution in [2.45, 2.75) is 0 Å². The van der Waals surface area contributed by atoms with Gasteiger partial charge in [-0.2, -0.15) is 0 Å². The highest BCUT2D eigenvalue weighted by Crippen LogP contribution is 1.78. The van der Waals surface area contributed by atoms with E-state index < -0.39 is 0 Å². The Morgan fingerprint density at radius 1 is 0.929 bits per heavy atom. The minimum atomic E-state index is 0.625. The highest BCUT2D eigenvalue weighted by molar-refractivity contribution is 4.45. The van der Waals surface area contributed by atoms with Crippen molar-refractivity contribution in [2.24, 2.45) is 5.73 Å². The third-order valence-electron chi connectivity index (χ3n) is 1.55. The second-order valence-electron chi connectivity index (χ2n) is 2.76. The molecule has 0 radical (unpaired) electrons. The first kappa shape index (κ1) is 13.8. The first-order valence-corrected chi connectivity index (χ1v) is 4.97. The van der Waals surface area contributed by atoms with Crippen LogP contribution in [0.3, 0.4) is 0 Å². The Labute approximate surface area is 85.9 Å². The fourth-order valence-corrected chi connectivity index (χ4v) is 0.836. The van der Waals surface area contributed by atoms with Gasteiger partial charge in [0.2, 0.25) is 0 Å². The molecule has 0 bridgehead atoms. The molecule has 0 saturated heterocycles. The van der Waals surface area contributed by atoms with Gasteiger partial charge in [-0.15, -0.1) is 0 Å². The molecule has 0 aliphatic rings. The van der Waals surface area contributed by atoms with Crippen molar-refractivity contribution in [3.05, 3.63) is 0 Å². The number of methoxy groups -OCH3 is 1. The van der Waals surface area contributed by atoms with E-state index in [0.29, 0.717) is 39.6 Å². The van der Waals surface area contributed by atoms with Crippen molar-refractivity contribution in [3.63, 3.8) is 0 Å². The predicted molar refractivity (Wildman–Crippen MR) is 55.4 cm³/mol. The lowest BCUT2D eigenvalue weighted by atomic mass is 10.6. The zero-order valence-electron chi connectivity index (χ0n) is 8.96. The van der Waals surface area contributed by atoms with Crippen LogP contribution in [0.4, 0.5) is 0 Å². The molecule has 0 atom stereocenters. The van der Waals surface area contributed by atoms with Gasteiger partial charge in [0.25, 0.3) is 0 Å². The number of rotatable bonds is 11. The second kappa shape index (κ2) is 12.8. The molecular formula is C9H22N2O3. The fraction of sp³-hybridized carbons (Fsp3) is 1.00. The Bertz CT molecular complexity index is 92.1. The first-order chi connectivity index (χ1) is 6.91. The van der Waals surface area contributed by atoms with Gasteiger partial charge in [0.15, 0.2) is 0 Å². The molecule has 0 aliphatic heterocycles. The largest absolute Gasteiger partial charge is 0.382 e. The summed E-state index contributed by atoms with van der Waals surface area (Å²) in [6.07, 6.45) is 0. The van der Waals surface area contributed by atoms with Gasteiger partial charge in [0.1, 0.15) is 0 Å². The van der Waals surface area contributed by atoms with E-state index in [1.54, 1.807) is 7.11 Å².